The zero-order valence-corrected chi connectivity index (χ0v) is 17.7. The summed E-state index contributed by atoms with van der Waals surface area (Å²) in [5.41, 5.74) is 1.84. The highest BCUT2D eigenvalue weighted by Gasteiger charge is 2.22. The molecule has 0 spiro atoms. The first-order valence-corrected chi connectivity index (χ1v) is 9.82. The Labute approximate surface area is 171 Å². The van der Waals surface area contributed by atoms with Crippen LogP contribution in [-0.2, 0) is 9.59 Å². The van der Waals surface area contributed by atoms with Gasteiger partial charge in [0.1, 0.15) is 6.04 Å². The van der Waals surface area contributed by atoms with Gasteiger partial charge in [-0.05, 0) is 43.5 Å². The highest BCUT2D eigenvalue weighted by molar-refractivity contribution is 6.21. The van der Waals surface area contributed by atoms with Gasteiger partial charge in [0.15, 0.2) is 0 Å². The van der Waals surface area contributed by atoms with Crippen LogP contribution in [0.5, 0.6) is 0 Å². The smallest absolute Gasteiger partial charge is 0.326 e. The van der Waals surface area contributed by atoms with Gasteiger partial charge in [-0.15, -0.1) is 23.2 Å². The second-order valence-corrected chi connectivity index (χ2v) is 8.45. The molecule has 0 aliphatic heterocycles. The van der Waals surface area contributed by atoms with Gasteiger partial charge in [0.25, 0.3) is 0 Å². The summed E-state index contributed by atoms with van der Waals surface area (Å²) in [5, 5.41) is 11.6. The molecule has 1 rings (SSSR count). The second kappa shape index (κ2) is 11.2. The molecular formula is C20H28Cl2N2O3. The van der Waals surface area contributed by atoms with Crippen molar-refractivity contribution in [2.75, 3.05) is 18.0 Å². The van der Waals surface area contributed by atoms with Gasteiger partial charge in [0.2, 0.25) is 5.91 Å². The summed E-state index contributed by atoms with van der Waals surface area (Å²) in [4.78, 5) is 25.2. The van der Waals surface area contributed by atoms with Crippen molar-refractivity contribution < 1.29 is 14.7 Å². The number of nitrogens with zero attached hydrogens (tertiary/aromatic N) is 1. The highest BCUT2D eigenvalue weighted by atomic mass is 35.5. The fourth-order valence-corrected chi connectivity index (χ4v) is 2.91. The normalized spacial score (nSPS) is 14.8. The number of carbonyl (C=O) groups excluding carboxylic acids is 1. The standard InChI is InChI=1S/C20H28Cl2N2O3/c1-13(2)19(20(26)27)23-18(25)10-7-16-5-8-17(9-6-16)24(11-14(3)21)12-15(4)22/h5-10,13-15,19H,11-12H2,1-4H3,(H,23,25)(H,26,27). The van der Waals surface area contributed by atoms with Gasteiger partial charge in [0.05, 0.1) is 0 Å². The summed E-state index contributed by atoms with van der Waals surface area (Å²) >= 11 is 12.3. The number of rotatable bonds is 10. The molecule has 1 amide bonds. The van der Waals surface area contributed by atoms with Crippen LogP contribution in [-0.4, -0.2) is 46.9 Å². The van der Waals surface area contributed by atoms with Crippen molar-refractivity contribution in [1.82, 2.24) is 5.32 Å². The molecule has 1 aromatic rings. The molecule has 0 fully saturated rings. The number of anilines is 1. The first-order chi connectivity index (χ1) is 12.6. The molecule has 7 heteroatoms. The Morgan fingerprint density at radius 3 is 2.00 bits per heavy atom. The maximum absolute atomic E-state index is 12.0. The van der Waals surface area contributed by atoms with Crippen LogP contribution in [0.4, 0.5) is 5.69 Å². The lowest BCUT2D eigenvalue weighted by Gasteiger charge is -2.27. The first-order valence-electron chi connectivity index (χ1n) is 8.94. The van der Waals surface area contributed by atoms with Crippen LogP contribution < -0.4 is 10.2 Å². The predicted octanol–water partition coefficient (Wildman–Crippen LogP) is 3.99. The van der Waals surface area contributed by atoms with Crippen LogP contribution in [0.15, 0.2) is 30.3 Å². The molecule has 5 nitrogen and oxygen atoms in total. The average molecular weight is 415 g/mol. The Hall–Kier alpha value is -1.72. The molecule has 27 heavy (non-hydrogen) atoms. The third kappa shape index (κ3) is 8.67. The molecule has 1 aromatic carbocycles. The van der Waals surface area contributed by atoms with Crippen molar-refractivity contribution in [2.45, 2.75) is 44.5 Å². The predicted molar refractivity (Wildman–Crippen MR) is 113 cm³/mol. The molecule has 150 valence electrons. The van der Waals surface area contributed by atoms with Crippen LogP contribution in [0.25, 0.3) is 6.08 Å². The number of halogens is 2. The Balaban J connectivity index is 2.78. The van der Waals surface area contributed by atoms with Crippen molar-refractivity contribution in [3.8, 4) is 0 Å². The molecule has 0 aliphatic rings. The van der Waals surface area contributed by atoms with Gasteiger partial charge in [-0.25, -0.2) is 4.79 Å². The van der Waals surface area contributed by atoms with Crippen molar-refractivity contribution in [3.63, 3.8) is 0 Å². The van der Waals surface area contributed by atoms with E-state index in [4.69, 9.17) is 28.3 Å². The molecule has 3 unspecified atom stereocenters. The van der Waals surface area contributed by atoms with Gasteiger partial charge >= 0.3 is 5.97 Å². The van der Waals surface area contributed by atoms with E-state index in [9.17, 15) is 9.59 Å². The minimum absolute atomic E-state index is 0.00757. The number of carboxylic acids is 1. The molecule has 0 aliphatic carbocycles. The van der Waals surface area contributed by atoms with E-state index < -0.39 is 17.9 Å². The quantitative estimate of drug-likeness (QED) is 0.448. The number of amides is 1. The minimum atomic E-state index is -1.04. The molecule has 0 radical (unpaired) electrons. The molecule has 0 bridgehead atoms. The zero-order valence-electron chi connectivity index (χ0n) is 16.2. The van der Waals surface area contributed by atoms with E-state index in [1.165, 1.54) is 6.08 Å². The maximum Gasteiger partial charge on any atom is 0.326 e. The van der Waals surface area contributed by atoms with Gasteiger partial charge < -0.3 is 15.3 Å². The van der Waals surface area contributed by atoms with Gasteiger partial charge in [-0.2, -0.15) is 0 Å². The fourth-order valence-electron chi connectivity index (χ4n) is 2.58. The zero-order chi connectivity index (χ0) is 20.6. The van der Waals surface area contributed by atoms with Gasteiger partial charge in [-0.1, -0.05) is 26.0 Å². The van der Waals surface area contributed by atoms with E-state index in [-0.39, 0.29) is 16.7 Å². The van der Waals surface area contributed by atoms with Crippen molar-refractivity contribution >= 4 is 46.8 Å². The summed E-state index contributed by atoms with van der Waals surface area (Å²) in [5.74, 6) is -1.68. The summed E-state index contributed by atoms with van der Waals surface area (Å²) in [6.07, 6.45) is 2.99. The molecule has 0 saturated carbocycles. The van der Waals surface area contributed by atoms with E-state index in [1.807, 2.05) is 38.1 Å². The SMILES string of the molecule is CC(Cl)CN(CC(C)Cl)c1ccc(C=CC(=O)NC(C(=O)O)C(C)C)cc1. The summed E-state index contributed by atoms with van der Waals surface area (Å²) in [6.45, 7) is 8.73. The average Bonchev–Trinajstić information content (AvgIpc) is 2.56. The third-order valence-corrected chi connectivity index (χ3v) is 4.14. The van der Waals surface area contributed by atoms with E-state index in [1.54, 1.807) is 19.9 Å². The van der Waals surface area contributed by atoms with Crippen LogP contribution in [0.1, 0.15) is 33.3 Å². The monoisotopic (exact) mass is 414 g/mol. The number of alkyl halides is 2. The van der Waals surface area contributed by atoms with Gasteiger partial charge in [0, 0.05) is 35.6 Å². The topological polar surface area (TPSA) is 69.6 Å². The lowest BCUT2D eigenvalue weighted by Crippen LogP contribution is -2.43. The van der Waals surface area contributed by atoms with Crippen LogP contribution in [0, 0.1) is 5.92 Å². The second-order valence-electron chi connectivity index (χ2n) is 6.96. The van der Waals surface area contributed by atoms with E-state index in [2.05, 4.69) is 10.2 Å². The number of hydrogen-bond acceptors (Lipinski definition) is 3. The molecular weight excluding hydrogens is 387 g/mol. The Morgan fingerprint density at radius 2 is 1.59 bits per heavy atom. The number of aliphatic carboxylic acids is 1. The minimum Gasteiger partial charge on any atom is -0.480 e. The third-order valence-electron chi connectivity index (χ3n) is 3.86. The van der Waals surface area contributed by atoms with Crippen molar-refractivity contribution in [2.24, 2.45) is 5.92 Å². The van der Waals surface area contributed by atoms with E-state index >= 15 is 0 Å². The summed E-state index contributed by atoms with van der Waals surface area (Å²) < 4.78 is 0. The fraction of sp³-hybridized carbons (Fsp3) is 0.500. The summed E-state index contributed by atoms with van der Waals surface area (Å²) in [7, 11) is 0. The Bertz CT molecular complexity index is 633. The van der Waals surface area contributed by atoms with Crippen molar-refractivity contribution in [3.05, 3.63) is 35.9 Å². The number of nitrogens with one attached hydrogen (secondary N) is 1. The van der Waals surface area contributed by atoms with Crippen molar-refractivity contribution in [1.29, 1.82) is 0 Å². The number of carboxylic acid groups (broad SMARTS) is 1. The largest absolute Gasteiger partial charge is 0.480 e. The molecule has 0 aromatic heterocycles. The molecule has 0 heterocycles. The molecule has 2 N–H and O–H groups in total. The van der Waals surface area contributed by atoms with Crippen LogP contribution >= 0.6 is 23.2 Å². The number of benzene rings is 1. The first kappa shape index (κ1) is 23.3. The molecule has 0 saturated heterocycles. The van der Waals surface area contributed by atoms with E-state index in [0.717, 1.165) is 11.3 Å². The lowest BCUT2D eigenvalue weighted by atomic mass is 10.0. The molecule has 3 atom stereocenters. The highest BCUT2D eigenvalue weighted by Crippen LogP contribution is 2.19. The van der Waals surface area contributed by atoms with E-state index in [0.29, 0.717) is 13.1 Å². The lowest BCUT2D eigenvalue weighted by molar-refractivity contribution is -0.142. The maximum atomic E-state index is 12.0. The van der Waals surface area contributed by atoms with Gasteiger partial charge in [-0.3, -0.25) is 4.79 Å². The number of carbonyl (C=O) groups is 2. The Morgan fingerprint density at radius 1 is 1.07 bits per heavy atom. The summed E-state index contributed by atoms with van der Waals surface area (Å²) in [6, 6.07) is 6.77. The van der Waals surface area contributed by atoms with Crippen LogP contribution in [0.2, 0.25) is 0 Å². The number of hydrogen-bond donors (Lipinski definition) is 2. The van der Waals surface area contributed by atoms with Crippen LogP contribution in [0.3, 0.4) is 0 Å². The Kier molecular flexibility index (Phi) is 9.67.